The highest BCUT2D eigenvalue weighted by Crippen LogP contribution is 2.07. The maximum atomic E-state index is 10.5. The number of carbonyl (C=O) groups is 2. The minimum absolute atomic E-state index is 0.435. The lowest BCUT2D eigenvalue weighted by atomic mass is 10.1. The number of hydrogen-bond donors (Lipinski definition) is 2. The number of nitrogens with two attached hydrogens (primary N) is 1. The van der Waals surface area contributed by atoms with E-state index in [1.165, 1.54) is 14.0 Å². The topological polar surface area (TPSA) is 83.6 Å². The van der Waals surface area contributed by atoms with Crippen LogP contribution in [0.5, 0.6) is 0 Å². The fourth-order valence-corrected chi connectivity index (χ4v) is 0.474. The van der Waals surface area contributed by atoms with Crippen LogP contribution >= 0.6 is 0 Å². The molecule has 0 aromatic heterocycles. The maximum Gasteiger partial charge on any atom is 0.315 e. The van der Waals surface area contributed by atoms with Crippen LogP contribution in [-0.4, -0.2) is 41.5 Å². The van der Waals surface area contributed by atoms with Crippen molar-refractivity contribution in [2.45, 2.75) is 12.5 Å². The molecule has 0 fully saturated rings. The first-order valence-electron chi connectivity index (χ1n) is 3.08. The summed E-state index contributed by atoms with van der Waals surface area (Å²) in [6.07, 6.45) is 0.484. The molecule has 0 radical (unpaired) electrons. The molecule has 0 spiro atoms. The van der Waals surface area contributed by atoms with E-state index >= 15 is 0 Å². The van der Waals surface area contributed by atoms with Gasteiger partial charge >= 0.3 is 6.03 Å². The summed E-state index contributed by atoms with van der Waals surface area (Å²) >= 11 is 0. The van der Waals surface area contributed by atoms with Gasteiger partial charge in [0.2, 0.25) is 0 Å². The predicted octanol–water partition coefficient (Wildman–Crippen LogP) is -1.05. The number of primary amides is 1. The van der Waals surface area contributed by atoms with Gasteiger partial charge in [-0.15, -0.1) is 0 Å². The Kier molecular flexibility index (Phi) is 3.00. The van der Waals surface area contributed by atoms with Crippen LogP contribution < -0.4 is 5.73 Å². The lowest BCUT2D eigenvalue weighted by molar-refractivity contribution is -0.117. The molecule has 11 heavy (non-hydrogen) atoms. The zero-order valence-corrected chi connectivity index (χ0v) is 6.57. The van der Waals surface area contributed by atoms with E-state index < -0.39 is 18.2 Å². The Morgan fingerprint density at radius 1 is 1.82 bits per heavy atom. The highest BCUT2D eigenvalue weighted by molar-refractivity contribution is 5.78. The van der Waals surface area contributed by atoms with Crippen molar-refractivity contribution in [3.63, 3.8) is 0 Å². The largest absolute Gasteiger partial charge is 0.393 e. The van der Waals surface area contributed by atoms with Crippen LogP contribution in [0.1, 0.15) is 6.92 Å². The van der Waals surface area contributed by atoms with Crippen LogP contribution in [0.2, 0.25) is 0 Å². The number of amides is 2. The zero-order valence-electron chi connectivity index (χ0n) is 6.57. The summed E-state index contributed by atoms with van der Waals surface area (Å²) in [5.41, 5.74) is 3.69. The van der Waals surface area contributed by atoms with Gasteiger partial charge in [-0.3, -0.25) is 0 Å². The third-order valence-electron chi connectivity index (χ3n) is 1.67. The van der Waals surface area contributed by atoms with Crippen LogP contribution in [0.4, 0.5) is 4.79 Å². The van der Waals surface area contributed by atoms with Gasteiger partial charge in [0.25, 0.3) is 0 Å². The number of nitrogens with zero attached hydrogens (tertiary/aromatic N) is 1. The average Bonchev–Trinajstić information content (AvgIpc) is 2.01. The molecule has 0 saturated heterocycles. The van der Waals surface area contributed by atoms with Gasteiger partial charge in [-0.2, -0.15) is 0 Å². The van der Waals surface area contributed by atoms with Crippen LogP contribution in [0.3, 0.4) is 0 Å². The van der Waals surface area contributed by atoms with Crippen LogP contribution in [-0.2, 0) is 4.79 Å². The second kappa shape index (κ2) is 3.34. The second-order valence-corrected chi connectivity index (χ2v) is 2.53. The van der Waals surface area contributed by atoms with Crippen molar-refractivity contribution in [3.05, 3.63) is 0 Å². The highest BCUT2D eigenvalue weighted by Gasteiger charge is 2.30. The summed E-state index contributed by atoms with van der Waals surface area (Å²) in [4.78, 5) is 21.9. The molecule has 3 N–H and O–H groups in total. The van der Waals surface area contributed by atoms with Crippen molar-refractivity contribution in [1.29, 1.82) is 0 Å². The number of aldehydes is 1. The summed E-state index contributed by atoms with van der Waals surface area (Å²) in [6, 6.07) is -0.742. The third kappa shape index (κ3) is 1.91. The van der Waals surface area contributed by atoms with E-state index in [0.717, 1.165) is 4.90 Å². The van der Waals surface area contributed by atoms with Crippen LogP contribution in [0.25, 0.3) is 0 Å². The molecule has 2 amide bonds. The first kappa shape index (κ1) is 9.90. The van der Waals surface area contributed by atoms with E-state index in [0.29, 0.717) is 6.29 Å². The molecule has 0 rings (SSSR count). The highest BCUT2D eigenvalue weighted by atomic mass is 16.3. The summed E-state index contributed by atoms with van der Waals surface area (Å²) in [5, 5.41) is 8.72. The Hall–Kier alpha value is -1.10. The molecule has 5 nitrogen and oxygen atoms in total. The minimum Gasteiger partial charge on any atom is -0.393 e. The summed E-state index contributed by atoms with van der Waals surface area (Å²) in [5.74, 6) is 0. The smallest absolute Gasteiger partial charge is 0.315 e. The maximum absolute atomic E-state index is 10.5. The van der Waals surface area contributed by atoms with Crippen LogP contribution in [0, 0.1) is 0 Å². The summed E-state index contributed by atoms with van der Waals surface area (Å²) in [7, 11) is 1.35. The number of likely N-dealkylation sites (N-methyl/N-ethyl adjacent to an activating group) is 1. The zero-order chi connectivity index (χ0) is 9.07. The van der Waals surface area contributed by atoms with Gasteiger partial charge in [0.15, 0.2) is 0 Å². The van der Waals surface area contributed by atoms with Gasteiger partial charge in [0, 0.05) is 7.05 Å². The first-order valence-corrected chi connectivity index (χ1v) is 3.08. The molecule has 0 heterocycles. The van der Waals surface area contributed by atoms with E-state index in [9.17, 15) is 9.59 Å². The molecule has 0 aliphatic heterocycles. The number of urea groups is 1. The Morgan fingerprint density at radius 2 is 2.27 bits per heavy atom. The lowest BCUT2D eigenvalue weighted by Gasteiger charge is -2.30. The summed E-state index contributed by atoms with van der Waals surface area (Å²) < 4.78 is 0. The van der Waals surface area contributed by atoms with Gasteiger partial charge in [-0.1, -0.05) is 0 Å². The van der Waals surface area contributed by atoms with E-state index in [1.807, 2.05) is 0 Å². The standard InChI is InChI=1S/C6H12N2O3/c1-6(3-9,4-10)8(2)5(7)11/h3,10H,4H2,1-2H3,(H2,7,11). The average molecular weight is 160 g/mol. The molecule has 0 saturated carbocycles. The Balaban J connectivity index is 4.49. The van der Waals surface area contributed by atoms with Gasteiger partial charge in [-0.25, -0.2) is 4.79 Å². The van der Waals surface area contributed by atoms with Gasteiger partial charge in [0.1, 0.15) is 11.8 Å². The molecule has 0 aromatic rings. The molecule has 0 aliphatic rings. The van der Waals surface area contributed by atoms with Crippen molar-refractivity contribution in [2.75, 3.05) is 13.7 Å². The van der Waals surface area contributed by atoms with Gasteiger partial charge in [0.05, 0.1) is 6.61 Å². The number of aliphatic hydroxyl groups excluding tert-OH is 1. The second-order valence-electron chi connectivity index (χ2n) is 2.53. The van der Waals surface area contributed by atoms with E-state index in [2.05, 4.69) is 0 Å². The minimum atomic E-state index is -1.20. The fourth-order valence-electron chi connectivity index (χ4n) is 0.474. The third-order valence-corrected chi connectivity index (χ3v) is 1.67. The molecule has 1 atom stereocenters. The SMILES string of the molecule is CN(C(N)=O)C(C)(C=O)CO. The number of rotatable bonds is 3. The lowest BCUT2D eigenvalue weighted by Crippen LogP contribution is -2.53. The van der Waals surface area contributed by atoms with Gasteiger partial charge < -0.3 is 20.5 Å². The van der Waals surface area contributed by atoms with Crippen molar-refractivity contribution < 1.29 is 14.7 Å². The number of aliphatic hydroxyl groups is 1. The first-order chi connectivity index (χ1) is 4.98. The van der Waals surface area contributed by atoms with E-state index in [-0.39, 0.29) is 0 Å². The molecule has 0 aromatic carbocycles. The molecule has 64 valence electrons. The fraction of sp³-hybridized carbons (Fsp3) is 0.667. The quantitative estimate of drug-likeness (QED) is 0.516. The molecule has 1 unspecified atom stereocenters. The molecular weight excluding hydrogens is 148 g/mol. The van der Waals surface area contributed by atoms with Crippen molar-refractivity contribution >= 4 is 12.3 Å². The molecule has 5 heteroatoms. The Labute approximate surface area is 64.8 Å². The number of hydrogen-bond acceptors (Lipinski definition) is 3. The monoisotopic (exact) mass is 160 g/mol. The molecule has 0 bridgehead atoms. The van der Waals surface area contributed by atoms with Crippen LogP contribution in [0.15, 0.2) is 0 Å². The predicted molar refractivity (Wildman–Crippen MR) is 38.9 cm³/mol. The van der Waals surface area contributed by atoms with Gasteiger partial charge in [-0.05, 0) is 6.92 Å². The Bertz CT molecular complexity index is 171. The summed E-state index contributed by atoms with van der Waals surface area (Å²) in [6.45, 7) is 0.987. The molecular formula is C6H12N2O3. The van der Waals surface area contributed by atoms with Crippen molar-refractivity contribution in [3.8, 4) is 0 Å². The molecule has 0 aliphatic carbocycles. The van der Waals surface area contributed by atoms with E-state index in [1.54, 1.807) is 0 Å². The normalized spacial score (nSPS) is 15.2. The van der Waals surface area contributed by atoms with Crippen molar-refractivity contribution in [2.24, 2.45) is 5.73 Å². The van der Waals surface area contributed by atoms with Crippen molar-refractivity contribution in [1.82, 2.24) is 4.90 Å². The Morgan fingerprint density at radius 3 is 2.36 bits per heavy atom. The van der Waals surface area contributed by atoms with E-state index in [4.69, 9.17) is 10.8 Å². The number of carbonyl (C=O) groups excluding carboxylic acids is 2.